The van der Waals surface area contributed by atoms with Crippen LogP contribution in [0.3, 0.4) is 0 Å². The Bertz CT molecular complexity index is 2450. The molecule has 1 heteroatoms. The third-order valence-electron chi connectivity index (χ3n) is 8.87. The maximum Gasteiger partial charge on any atom is 0.135 e. The molecule has 0 saturated carbocycles. The Morgan fingerprint density at radius 3 is 1.50 bits per heavy atom. The molecule has 0 radical (unpaired) electrons. The van der Waals surface area contributed by atoms with E-state index in [2.05, 4.69) is 146 Å². The quantitative estimate of drug-likeness (QED) is 0.195. The monoisotopic (exact) mass is 562 g/mol. The second kappa shape index (κ2) is 10.3. The summed E-state index contributed by atoms with van der Waals surface area (Å²) in [7, 11) is 0. The maximum absolute atomic E-state index is 6.16. The Morgan fingerprint density at radius 2 is 0.795 bits per heavy atom. The van der Waals surface area contributed by atoms with E-state index in [1.165, 1.54) is 65.7 Å². The van der Waals surface area contributed by atoms with Crippen LogP contribution in [0.4, 0.5) is 0 Å². The van der Waals surface area contributed by atoms with E-state index >= 15 is 0 Å². The number of rotatable bonds is 3. The molecule has 1 nitrogen and oxygen atoms in total. The molecule has 0 aliphatic rings. The molecule has 0 aliphatic heterocycles. The van der Waals surface area contributed by atoms with Gasteiger partial charge >= 0.3 is 0 Å². The summed E-state index contributed by atoms with van der Waals surface area (Å²) in [5, 5.41) is 9.85. The summed E-state index contributed by atoms with van der Waals surface area (Å²) >= 11 is 0. The van der Waals surface area contributed by atoms with Crippen molar-refractivity contribution in [2.45, 2.75) is 7.43 Å². The number of para-hydroxylation sites is 1. The second-order valence-electron chi connectivity index (χ2n) is 11.2. The molecule has 9 aromatic rings. The van der Waals surface area contributed by atoms with Crippen LogP contribution < -0.4 is 0 Å². The summed E-state index contributed by atoms with van der Waals surface area (Å²) in [4.78, 5) is 0. The maximum atomic E-state index is 6.16. The molecule has 0 unspecified atom stereocenters. The van der Waals surface area contributed by atoms with Crippen LogP contribution in [0.1, 0.15) is 7.43 Å². The van der Waals surface area contributed by atoms with Gasteiger partial charge in [0.1, 0.15) is 11.2 Å². The van der Waals surface area contributed by atoms with Gasteiger partial charge in [0.2, 0.25) is 0 Å². The van der Waals surface area contributed by atoms with E-state index in [0.29, 0.717) is 0 Å². The Hall–Kier alpha value is -5.66. The molecule has 0 atom stereocenters. The molecule has 0 fully saturated rings. The molecule has 0 amide bonds. The highest BCUT2D eigenvalue weighted by Gasteiger charge is 2.20. The lowest BCUT2D eigenvalue weighted by atomic mass is 9.83. The van der Waals surface area contributed by atoms with Crippen molar-refractivity contribution in [3.63, 3.8) is 0 Å². The molecule has 0 N–H and O–H groups in total. The number of benzene rings is 8. The molecular weight excluding hydrogens is 532 g/mol. The lowest BCUT2D eigenvalue weighted by Crippen LogP contribution is -1.93. The summed E-state index contributed by atoms with van der Waals surface area (Å²) in [6, 6.07) is 56.9. The lowest BCUT2D eigenvalue weighted by Gasteiger charge is -2.20. The summed E-state index contributed by atoms with van der Waals surface area (Å²) in [5.74, 6) is 0. The predicted octanol–water partition coefficient (Wildman–Crippen LogP) is 12.7. The zero-order chi connectivity index (χ0) is 28.3. The van der Waals surface area contributed by atoms with Crippen molar-refractivity contribution in [1.82, 2.24) is 0 Å². The standard InChI is InChI=1S/C42H26O.CH4/c1-2-14-29-27(12-1)13-11-22-33(29)42-36-20-7-5-18-34(36)41(35-19-6-8-21-37(35)42)32-17-4-3-15-30(32)28-24-25-40-38(26-28)31-16-9-10-23-39(31)43-40;/h1-26H;1H4. The van der Waals surface area contributed by atoms with Gasteiger partial charge in [-0.05, 0) is 83.9 Å². The van der Waals surface area contributed by atoms with Crippen molar-refractivity contribution < 1.29 is 4.42 Å². The number of furan rings is 1. The molecule has 0 bridgehead atoms. The average molecular weight is 563 g/mol. The molecule has 1 heterocycles. The van der Waals surface area contributed by atoms with Crippen molar-refractivity contribution in [2.75, 3.05) is 0 Å². The van der Waals surface area contributed by atoms with Gasteiger partial charge in [-0.2, -0.15) is 0 Å². The molecule has 9 rings (SSSR count). The highest BCUT2D eigenvalue weighted by molar-refractivity contribution is 6.24. The first-order valence-electron chi connectivity index (χ1n) is 14.8. The van der Waals surface area contributed by atoms with Gasteiger partial charge in [0.25, 0.3) is 0 Å². The van der Waals surface area contributed by atoms with Crippen LogP contribution in [-0.2, 0) is 0 Å². The Labute approximate surface area is 256 Å². The molecule has 44 heavy (non-hydrogen) atoms. The Kier molecular flexibility index (Phi) is 6.06. The van der Waals surface area contributed by atoms with Crippen molar-refractivity contribution >= 4 is 54.3 Å². The van der Waals surface area contributed by atoms with Gasteiger partial charge in [-0.15, -0.1) is 0 Å². The zero-order valence-electron chi connectivity index (χ0n) is 23.4. The molecule has 208 valence electrons. The Morgan fingerprint density at radius 1 is 0.318 bits per heavy atom. The van der Waals surface area contributed by atoms with E-state index in [1.54, 1.807) is 0 Å². The summed E-state index contributed by atoms with van der Waals surface area (Å²) in [6.07, 6.45) is 0. The van der Waals surface area contributed by atoms with Gasteiger partial charge in [0, 0.05) is 10.8 Å². The minimum atomic E-state index is 0. The summed E-state index contributed by atoms with van der Waals surface area (Å²) in [6.45, 7) is 0. The second-order valence-corrected chi connectivity index (χ2v) is 11.2. The van der Waals surface area contributed by atoms with Gasteiger partial charge in [-0.1, -0.05) is 147 Å². The van der Waals surface area contributed by atoms with Crippen LogP contribution in [-0.4, -0.2) is 0 Å². The summed E-state index contributed by atoms with van der Waals surface area (Å²) < 4.78 is 6.16. The van der Waals surface area contributed by atoms with Crippen LogP contribution in [0.25, 0.3) is 87.6 Å². The highest BCUT2D eigenvalue weighted by atomic mass is 16.3. The van der Waals surface area contributed by atoms with E-state index in [4.69, 9.17) is 4.42 Å². The average Bonchev–Trinajstić information content (AvgIpc) is 3.45. The number of hydrogen-bond acceptors (Lipinski definition) is 1. The zero-order valence-corrected chi connectivity index (χ0v) is 23.4. The van der Waals surface area contributed by atoms with Crippen LogP contribution in [0.2, 0.25) is 0 Å². The van der Waals surface area contributed by atoms with E-state index in [1.807, 2.05) is 12.1 Å². The predicted molar refractivity (Wildman–Crippen MR) is 189 cm³/mol. The third kappa shape index (κ3) is 3.87. The van der Waals surface area contributed by atoms with E-state index in [-0.39, 0.29) is 7.43 Å². The fourth-order valence-corrected chi connectivity index (χ4v) is 7.00. The van der Waals surface area contributed by atoms with Crippen molar-refractivity contribution in [1.29, 1.82) is 0 Å². The Balaban J connectivity index is 0.00000289. The highest BCUT2D eigenvalue weighted by Crippen LogP contribution is 2.47. The molecule has 0 aliphatic carbocycles. The van der Waals surface area contributed by atoms with Crippen molar-refractivity contribution in [2.24, 2.45) is 0 Å². The first-order chi connectivity index (χ1) is 21.3. The minimum absolute atomic E-state index is 0. The van der Waals surface area contributed by atoms with E-state index in [0.717, 1.165) is 21.9 Å². The normalized spacial score (nSPS) is 11.5. The first kappa shape index (κ1) is 26.0. The van der Waals surface area contributed by atoms with Crippen LogP contribution in [0.15, 0.2) is 162 Å². The van der Waals surface area contributed by atoms with Crippen LogP contribution in [0.5, 0.6) is 0 Å². The molecule has 0 saturated heterocycles. The number of fused-ring (bicyclic) bond motifs is 6. The van der Waals surface area contributed by atoms with Crippen LogP contribution >= 0.6 is 0 Å². The smallest absolute Gasteiger partial charge is 0.135 e. The van der Waals surface area contributed by atoms with Crippen molar-refractivity contribution in [3.8, 4) is 33.4 Å². The van der Waals surface area contributed by atoms with Gasteiger partial charge < -0.3 is 4.42 Å². The topological polar surface area (TPSA) is 13.1 Å². The molecule has 0 spiro atoms. The fourth-order valence-electron chi connectivity index (χ4n) is 7.00. The minimum Gasteiger partial charge on any atom is -0.456 e. The van der Waals surface area contributed by atoms with E-state index < -0.39 is 0 Å². The largest absolute Gasteiger partial charge is 0.456 e. The van der Waals surface area contributed by atoms with Gasteiger partial charge in [-0.3, -0.25) is 0 Å². The fraction of sp³-hybridized carbons (Fsp3) is 0.0233. The van der Waals surface area contributed by atoms with Gasteiger partial charge in [-0.25, -0.2) is 0 Å². The molecular formula is C43H30O. The van der Waals surface area contributed by atoms with Gasteiger partial charge in [0.15, 0.2) is 0 Å². The van der Waals surface area contributed by atoms with Gasteiger partial charge in [0.05, 0.1) is 0 Å². The lowest BCUT2D eigenvalue weighted by molar-refractivity contribution is 0.669. The first-order valence-corrected chi connectivity index (χ1v) is 14.8. The SMILES string of the molecule is C.c1ccc(-c2c3ccccc3c(-c3cccc4ccccc34)c3ccccc23)c(-c2ccc3oc4ccccc4c3c2)c1. The number of hydrogen-bond donors (Lipinski definition) is 0. The van der Waals surface area contributed by atoms with E-state index in [9.17, 15) is 0 Å². The summed E-state index contributed by atoms with van der Waals surface area (Å²) in [5.41, 5.74) is 9.28. The third-order valence-corrected chi connectivity index (χ3v) is 8.87. The van der Waals surface area contributed by atoms with Crippen molar-refractivity contribution in [3.05, 3.63) is 158 Å². The van der Waals surface area contributed by atoms with Crippen LogP contribution in [0, 0.1) is 0 Å². The molecule has 8 aromatic carbocycles. The molecule has 1 aromatic heterocycles.